The van der Waals surface area contributed by atoms with E-state index in [0.29, 0.717) is 0 Å². The first-order valence-electron chi connectivity index (χ1n) is 6.80. The maximum absolute atomic E-state index is 12.5. The fourth-order valence-electron chi connectivity index (χ4n) is 1.96. The molecular weight excluding hydrogens is 402 g/mol. The van der Waals surface area contributed by atoms with Crippen molar-refractivity contribution in [2.24, 2.45) is 0 Å². The Kier molecular flexibility index (Phi) is 6.01. The first-order chi connectivity index (χ1) is 11.5. The molecule has 0 spiro atoms. The van der Waals surface area contributed by atoms with Crippen molar-refractivity contribution in [1.82, 2.24) is 4.72 Å². The van der Waals surface area contributed by atoms with E-state index in [9.17, 15) is 26.7 Å². The number of aliphatic hydroxyl groups is 1. The van der Waals surface area contributed by atoms with Crippen LogP contribution in [0.2, 0.25) is 10.0 Å². The molecule has 0 aliphatic rings. The maximum Gasteiger partial charge on any atom is 0.416 e. The average molecular weight is 414 g/mol. The smallest absolute Gasteiger partial charge is 0.387 e. The number of sulfonamides is 1. The van der Waals surface area contributed by atoms with Gasteiger partial charge in [0.05, 0.1) is 16.7 Å². The van der Waals surface area contributed by atoms with Crippen molar-refractivity contribution < 1.29 is 26.7 Å². The number of nitrogens with one attached hydrogen (secondary N) is 1. The number of alkyl halides is 3. The van der Waals surface area contributed by atoms with Gasteiger partial charge in [-0.3, -0.25) is 0 Å². The van der Waals surface area contributed by atoms with Crippen LogP contribution in [0, 0.1) is 0 Å². The van der Waals surface area contributed by atoms with E-state index in [1.165, 1.54) is 12.1 Å². The van der Waals surface area contributed by atoms with Crippen LogP contribution >= 0.6 is 23.2 Å². The van der Waals surface area contributed by atoms with Crippen LogP contribution < -0.4 is 4.72 Å². The van der Waals surface area contributed by atoms with Crippen LogP contribution in [0.3, 0.4) is 0 Å². The molecule has 0 fully saturated rings. The van der Waals surface area contributed by atoms with Crippen molar-refractivity contribution in [3.05, 3.63) is 63.6 Å². The van der Waals surface area contributed by atoms with Gasteiger partial charge in [0.1, 0.15) is 4.90 Å². The number of hydrogen-bond acceptors (Lipinski definition) is 3. The Morgan fingerprint density at radius 1 is 1.08 bits per heavy atom. The third-order valence-electron chi connectivity index (χ3n) is 3.27. The summed E-state index contributed by atoms with van der Waals surface area (Å²) in [6.45, 7) is -0.448. The Labute approximate surface area is 152 Å². The van der Waals surface area contributed by atoms with Crippen molar-refractivity contribution in [1.29, 1.82) is 0 Å². The van der Waals surface area contributed by atoms with Gasteiger partial charge >= 0.3 is 6.18 Å². The molecule has 1 unspecified atom stereocenters. The minimum Gasteiger partial charge on any atom is -0.387 e. The minimum atomic E-state index is -4.49. The zero-order valence-corrected chi connectivity index (χ0v) is 14.7. The van der Waals surface area contributed by atoms with E-state index in [2.05, 4.69) is 4.72 Å². The van der Waals surface area contributed by atoms with Crippen molar-refractivity contribution in [3.8, 4) is 0 Å². The van der Waals surface area contributed by atoms with Crippen LogP contribution in [-0.2, 0) is 16.2 Å². The van der Waals surface area contributed by atoms with Crippen molar-refractivity contribution in [3.63, 3.8) is 0 Å². The summed E-state index contributed by atoms with van der Waals surface area (Å²) in [7, 11) is -4.05. The van der Waals surface area contributed by atoms with Gasteiger partial charge in [0.2, 0.25) is 10.0 Å². The first-order valence-corrected chi connectivity index (χ1v) is 9.04. The van der Waals surface area contributed by atoms with E-state index in [4.69, 9.17) is 23.2 Å². The van der Waals surface area contributed by atoms with Gasteiger partial charge in [0.25, 0.3) is 0 Å². The fourth-order valence-corrected chi connectivity index (χ4v) is 3.76. The van der Waals surface area contributed by atoms with E-state index in [-0.39, 0.29) is 20.5 Å². The van der Waals surface area contributed by atoms with Gasteiger partial charge in [-0.1, -0.05) is 35.3 Å². The van der Waals surface area contributed by atoms with Gasteiger partial charge in [-0.15, -0.1) is 0 Å². The largest absolute Gasteiger partial charge is 0.416 e. The summed E-state index contributed by atoms with van der Waals surface area (Å²) < 4.78 is 64.1. The molecule has 1 atom stereocenters. The minimum absolute atomic E-state index is 0.0547. The quantitative estimate of drug-likeness (QED) is 0.777. The van der Waals surface area contributed by atoms with Gasteiger partial charge in [0.15, 0.2) is 0 Å². The summed E-state index contributed by atoms with van der Waals surface area (Å²) in [5.41, 5.74) is -0.734. The molecule has 2 aromatic carbocycles. The number of hydrogen-bond donors (Lipinski definition) is 2. The highest BCUT2D eigenvalue weighted by Gasteiger charge is 2.30. The van der Waals surface area contributed by atoms with Gasteiger partial charge in [-0.05, 0) is 35.9 Å². The molecule has 0 saturated heterocycles. The molecule has 136 valence electrons. The standard InChI is InChI=1S/C15H12Cl2F3NO3S/c16-11-5-6-12(17)14(7-11)25(23,24)21-8-13(22)9-1-3-10(4-2-9)15(18,19)20/h1-7,13,21-22H,8H2. The topological polar surface area (TPSA) is 66.4 Å². The Hall–Kier alpha value is -1.32. The fraction of sp³-hybridized carbons (Fsp3) is 0.200. The number of halogens is 5. The van der Waals surface area contributed by atoms with Crippen molar-refractivity contribution in [2.45, 2.75) is 17.2 Å². The Bertz CT molecular complexity index is 855. The van der Waals surface area contributed by atoms with E-state index >= 15 is 0 Å². The second-order valence-electron chi connectivity index (χ2n) is 5.06. The predicted molar refractivity (Wildman–Crippen MR) is 88.1 cm³/mol. The summed E-state index contributed by atoms with van der Waals surface area (Å²) in [4.78, 5) is -0.263. The molecule has 0 aliphatic carbocycles. The van der Waals surface area contributed by atoms with Gasteiger partial charge in [-0.25, -0.2) is 13.1 Å². The molecule has 2 aromatic rings. The van der Waals surface area contributed by atoms with E-state index in [1.54, 1.807) is 0 Å². The van der Waals surface area contributed by atoms with Crippen molar-refractivity contribution >= 4 is 33.2 Å². The van der Waals surface area contributed by atoms with Crippen LogP contribution in [-0.4, -0.2) is 20.1 Å². The summed E-state index contributed by atoms with van der Waals surface area (Å²) >= 11 is 11.6. The molecule has 0 heterocycles. The summed E-state index contributed by atoms with van der Waals surface area (Å²) in [6.07, 6.45) is -5.83. The highest BCUT2D eigenvalue weighted by atomic mass is 35.5. The van der Waals surface area contributed by atoms with Gasteiger partial charge in [-0.2, -0.15) is 13.2 Å². The van der Waals surface area contributed by atoms with E-state index in [0.717, 1.165) is 30.3 Å². The Morgan fingerprint density at radius 3 is 2.24 bits per heavy atom. The van der Waals surface area contributed by atoms with Crippen LogP contribution in [0.25, 0.3) is 0 Å². The second kappa shape index (κ2) is 7.51. The SMILES string of the molecule is O=S(=O)(NCC(O)c1ccc(C(F)(F)F)cc1)c1cc(Cl)ccc1Cl. The van der Waals surface area contributed by atoms with E-state index < -0.39 is 34.4 Å². The lowest BCUT2D eigenvalue weighted by atomic mass is 10.1. The molecule has 25 heavy (non-hydrogen) atoms. The molecule has 2 rings (SSSR count). The molecule has 0 aromatic heterocycles. The zero-order chi connectivity index (χ0) is 18.8. The van der Waals surface area contributed by atoms with Crippen LogP contribution in [0.5, 0.6) is 0 Å². The summed E-state index contributed by atoms with van der Waals surface area (Å²) in [6, 6.07) is 7.64. The molecule has 0 amide bonds. The summed E-state index contributed by atoms with van der Waals surface area (Å²) in [5.74, 6) is 0. The monoisotopic (exact) mass is 413 g/mol. The first kappa shape index (κ1) is 20.0. The molecule has 0 saturated carbocycles. The molecule has 2 N–H and O–H groups in total. The highest BCUT2D eigenvalue weighted by molar-refractivity contribution is 7.89. The Balaban J connectivity index is 2.11. The number of aliphatic hydroxyl groups excluding tert-OH is 1. The molecule has 0 bridgehead atoms. The molecule has 10 heteroatoms. The normalized spacial score (nSPS) is 13.7. The third kappa shape index (κ3) is 5.08. The highest BCUT2D eigenvalue weighted by Crippen LogP contribution is 2.30. The summed E-state index contributed by atoms with van der Waals surface area (Å²) in [5, 5.41) is 10.1. The maximum atomic E-state index is 12.5. The van der Waals surface area contributed by atoms with Crippen LogP contribution in [0.15, 0.2) is 47.4 Å². The third-order valence-corrected chi connectivity index (χ3v) is 5.41. The zero-order valence-electron chi connectivity index (χ0n) is 12.4. The molecule has 4 nitrogen and oxygen atoms in total. The number of rotatable bonds is 5. The van der Waals surface area contributed by atoms with Crippen LogP contribution in [0.1, 0.15) is 17.2 Å². The van der Waals surface area contributed by atoms with Crippen LogP contribution in [0.4, 0.5) is 13.2 Å². The Morgan fingerprint density at radius 2 is 1.68 bits per heavy atom. The van der Waals surface area contributed by atoms with Gasteiger partial charge in [0, 0.05) is 11.6 Å². The second-order valence-corrected chi connectivity index (χ2v) is 7.64. The molecule has 0 aliphatic heterocycles. The molecule has 0 radical (unpaired) electrons. The van der Waals surface area contributed by atoms with E-state index in [1.807, 2.05) is 0 Å². The molecular formula is C15H12Cl2F3NO3S. The van der Waals surface area contributed by atoms with Gasteiger partial charge < -0.3 is 5.11 Å². The van der Waals surface area contributed by atoms with Crippen molar-refractivity contribution in [2.75, 3.05) is 6.54 Å². The average Bonchev–Trinajstić information content (AvgIpc) is 2.54. The lowest BCUT2D eigenvalue weighted by Crippen LogP contribution is -2.28. The number of benzene rings is 2. The predicted octanol–water partition coefficient (Wildman–Crippen LogP) is 4.02. The lowest BCUT2D eigenvalue weighted by Gasteiger charge is -2.14. The lowest BCUT2D eigenvalue weighted by molar-refractivity contribution is -0.137.